The molecule has 8 N–H and O–H groups in total. The van der Waals surface area contributed by atoms with Crippen LogP contribution in [-0.4, -0.2) is 21.6 Å². The number of hydrogen-bond donors (Lipinski definition) is 4. The van der Waals surface area contributed by atoms with Crippen molar-refractivity contribution in [1.29, 1.82) is 0 Å². The minimum atomic E-state index is -1.29. The Morgan fingerprint density at radius 2 is 0.920 bits per heavy atom. The molecule has 5 heteroatoms. The van der Waals surface area contributed by atoms with Crippen LogP contribution in [0.5, 0.6) is 0 Å². The van der Waals surface area contributed by atoms with Gasteiger partial charge in [-0.15, -0.1) is 10.4 Å². The van der Waals surface area contributed by atoms with Crippen molar-refractivity contribution in [2.75, 3.05) is 0 Å². The van der Waals surface area contributed by atoms with Gasteiger partial charge in [-0.25, -0.2) is 0 Å². The summed E-state index contributed by atoms with van der Waals surface area (Å²) in [5, 5.41) is 14.4. The van der Waals surface area contributed by atoms with E-state index in [1.807, 2.05) is 27.7 Å². The Bertz CT molecular complexity index is 325. The van der Waals surface area contributed by atoms with Crippen LogP contribution in [0.15, 0.2) is 0 Å². The number of nitrogens with two attached hydrogens (primary N) is 4. The molecule has 4 nitrogen and oxygen atoms in total. The van der Waals surface area contributed by atoms with Gasteiger partial charge in [0.2, 0.25) is 0 Å². The fraction of sp³-hybridized carbons (Fsp3) is 1.00. The molecule has 2 fully saturated rings. The number of rotatable bonds is 5. The molecule has 0 amide bonds. The first-order chi connectivity index (χ1) is 11.4. The van der Waals surface area contributed by atoms with Crippen LogP contribution in [0, 0.1) is 0 Å². The highest BCUT2D eigenvalue weighted by molar-refractivity contribution is 8.31. The molecule has 0 aromatic rings. The van der Waals surface area contributed by atoms with E-state index in [9.17, 15) is 0 Å². The number of hydrogen-bond acceptors (Lipinski definition) is 4. The van der Waals surface area contributed by atoms with Crippen molar-refractivity contribution in [2.45, 2.75) is 126 Å². The molecule has 2 aliphatic rings. The van der Waals surface area contributed by atoms with E-state index in [0.717, 1.165) is 12.8 Å². The molecule has 0 atom stereocenters. The standard InChI is InChI=1S/C12H26N2S.C8H20N2/c13-15(14,11-7-3-1-4-8-11)12-9-5-2-6-10-12;1-7(2,9)5-6-8(3,4)10/h11-12H,1-10,13-14H2;5-6,9-10H2,1-4H3. The monoisotopic (exact) mass is 374 g/mol. The fourth-order valence-electron chi connectivity index (χ4n) is 3.86. The third-order valence-corrected chi connectivity index (χ3v) is 8.92. The van der Waals surface area contributed by atoms with Crippen molar-refractivity contribution in [1.82, 2.24) is 0 Å². The zero-order valence-corrected chi connectivity index (χ0v) is 18.2. The molecule has 2 rings (SSSR count). The van der Waals surface area contributed by atoms with E-state index < -0.39 is 10.4 Å². The molecule has 0 bridgehead atoms. The Morgan fingerprint density at radius 3 is 1.16 bits per heavy atom. The SMILES string of the molecule is CC(C)(N)CCC(C)(C)N.NS(N)(C1CCCCC1)C1CCCCC1. The molecule has 25 heavy (non-hydrogen) atoms. The van der Waals surface area contributed by atoms with Gasteiger partial charge in [0.1, 0.15) is 0 Å². The largest absolute Gasteiger partial charge is 0.326 e. The van der Waals surface area contributed by atoms with Crippen LogP contribution in [-0.2, 0) is 0 Å². The van der Waals surface area contributed by atoms with Crippen molar-refractivity contribution < 1.29 is 0 Å². The zero-order chi connectivity index (χ0) is 19.1. The minimum Gasteiger partial charge on any atom is -0.326 e. The minimum absolute atomic E-state index is 0.0728. The van der Waals surface area contributed by atoms with Gasteiger partial charge in [-0.2, -0.15) is 0 Å². The quantitative estimate of drug-likeness (QED) is 0.570. The fourth-order valence-corrected chi connectivity index (χ4v) is 6.71. The van der Waals surface area contributed by atoms with Crippen LogP contribution >= 0.6 is 10.4 Å². The second-order valence-corrected chi connectivity index (χ2v) is 12.8. The third kappa shape index (κ3) is 9.62. The summed E-state index contributed by atoms with van der Waals surface area (Å²) in [5.74, 6) is 0. The van der Waals surface area contributed by atoms with Crippen molar-refractivity contribution in [3.05, 3.63) is 0 Å². The summed E-state index contributed by atoms with van der Waals surface area (Å²) in [6.07, 6.45) is 15.4. The van der Waals surface area contributed by atoms with Gasteiger partial charge in [-0.3, -0.25) is 10.3 Å². The Kier molecular flexibility index (Phi) is 9.23. The summed E-state index contributed by atoms with van der Waals surface area (Å²) in [6.45, 7) is 8.11. The molecule has 0 radical (unpaired) electrons. The topological polar surface area (TPSA) is 104 Å². The molecule has 0 heterocycles. The van der Waals surface area contributed by atoms with Crippen LogP contribution in [0.2, 0.25) is 0 Å². The molecule has 0 aromatic heterocycles. The van der Waals surface area contributed by atoms with E-state index in [1.54, 1.807) is 0 Å². The highest BCUT2D eigenvalue weighted by Gasteiger charge is 2.35. The molecular formula is C20H46N4S. The molecule has 2 aliphatic carbocycles. The predicted octanol–water partition coefficient (Wildman–Crippen LogP) is 4.45. The molecule has 152 valence electrons. The molecule has 0 aliphatic heterocycles. The Morgan fingerprint density at radius 1 is 0.640 bits per heavy atom. The van der Waals surface area contributed by atoms with Crippen LogP contribution < -0.4 is 21.7 Å². The Balaban J connectivity index is 0.000000275. The maximum Gasteiger partial charge on any atom is 0.0126 e. The molecule has 0 aromatic carbocycles. The normalized spacial score (nSPS) is 22.2. The molecule has 0 spiro atoms. The molecule has 0 unspecified atom stereocenters. The first kappa shape index (κ1) is 23.2. The smallest absolute Gasteiger partial charge is 0.0126 e. The van der Waals surface area contributed by atoms with Crippen LogP contribution in [0.25, 0.3) is 0 Å². The second kappa shape index (κ2) is 9.93. The van der Waals surface area contributed by atoms with E-state index in [4.69, 9.17) is 21.7 Å². The lowest BCUT2D eigenvalue weighted by atomic mass is 9.91. The van der Waals surface area contributed by atoms with E-state index in [1.165, 1.54) is 64.2 Å². The average molecular weight is 375 g/mol. The lowest BCUT2D eigenvalue weighted by Gasteiger charge is -2.48. The average Bonchev–Trinajstić information content (AvgIpc) is 2.54. The highest BCUT2D eigenvalue weighted by Crippen LogP contribution is 2.52. The maximum atomic E-state index is 6.53. The van der Waals surface area contributed by atoms with Crippen LogP contribution in [0.1, 0.15) is 105 Å². The summed E-state index contributed by atoms with van der Waals surface area (Å²) in [6, 6.07) is 0. The van der Waals surface area contributed by atoms with E-state index in [2.05, 4.69) is 0 Å². The first-order valence-electron chi connectivity index (χ1n) is 10.4. The van der Waals surface area contributed by atoms with Crippen molar-refractivity contribution in [3.63, 3.8) is 0 Å². The lowest BCUT2D eigenvalue weighted by Crippen LogP contribution is -2.42. The van der Waals surface area contributed by atoms with Crippen LogP contribution in [0.3, 0.4) is 0 Å². The predicted molar refractivity (Wildman–Crippen MR) is 115 cm³/mol. The van der Waals surface area contributed by atoms with Crippen molar-refractivity contribution in [2.24, 2.45) is 21.7 Å². The first-order valence-corrected chi connectivity index (χ1v) is 12.2. The second-order valence-electron chi connectivity index (χ2n) is 9.81. The van der Waals surface area contributed by atoms with Gasteiger partial charge in [-0.1, -0.05) is 38.5 Å². The summed E-state index contributed by atoms with van der Waals surface area (Å²) in [5.41, 5.74) is 11.4. The van der Waals surface area contributed by atoms with Crippen molar-refractivity contribution in [3.8, 4) is 0 Å². The maximum absolute atomic E-state index is 6.53. The van der Waals surface area contributed by atoms with Gasteiger partial charge in [0.25, 0.3) is 0 Å². The van der Waals surface area contributed by atoms with Gasteiger partial charge >= 0.3 is 0 Å². The summed E-state index contributed by atoms with van der Waals surface area (Å²) in [7, 11) is -1.29. The van der Waals surface area contributed by atoms with E-state index in [0.29, 0.717) is 10.5 Å². The highest BCUT2D eigenvalue weighted by atomic mass is 32.3. The Hall–Kier alpha value is 0.190. The zero-order valence-electron chi connectivity index (χ0n) is 17.4. The Labute approximate surface area is 158 Å². The van der Waals surface area contributed by atoms with Crippen LogP contribution in [0.4, 0.5) is 0 Å². The molecular weight excluding hydrogens is 328 g/mol. The lowest BCUT2D eigenvalue weighted by molar-refractivity contribution is 0.376. The van der Waals surface area contributed by atoms with E-state index in [-0.39, 0.29) is 11.1 Å². The van der Waals surface area contributed by atoms with Crippen molar-refractivity contribution >= 4 is 10.4 Å². The third-order valence-electron chi connectivity index (χ3n) is 5.67. The summed E-state index contributed by atoms with van der Waals surface area (Å²) >= 11 is 0. The summed E-state index contributed by atoms with van der Waals surface area (Å²) in [4.78, 5) is 0. The van der Waals surface area contributed by atoms with Gasteiger partial charge in [0.15, 0.2) is 0 Å². The van der Waals surface area contributed by atoms with Gasteiger partial charge in [0.05, 0.1) is 0 Å². The van der Waals surface area contributed by atoms with Gasteiger partial charge in [0, 0.05) is 21.6 Å². The summed E-state index contributed by atoms with van der Waals surface area (Å²) < 4.78 is 0. The molecule has 2 saturated carbocycles. The molecule has 0 saturated heterocycles. The van der Waals surface area contributed by atoms with Gasteiger partial charge < -0.3 is 11.5 Å². The van der Waals surface area contributed by atoms with Gasteiger partial charge in [-0.05, 0) is 66.2 Å². The van der Waals surface area contributed by atoms with E-state index >= 15 is 0 Å².